The molecule has 0 aromatic heterocycles. The lowest BCUT2D eigenvalue weighted by Crippen LogP contribution is -2.65. The van der Waals surface area contributed by atoms with E-state index in [9.17, 15) is 9.90 Å². The third kappa shape index (κ3) is 7.46. The van der Waals surface area contributed by atoms with Crippen molar-refractivity contribution < 1.29 is 28.8 Å². The second-order valence-corrected chi connectivity index (χ2v) is 8.82. The summed E-state index contributed by atoms with van der Waals surface area (Å²) in [5, 5.41) is 14.1. The van der Waals surface area contributed by atoms with Crippen LogP contribution in [0.5, 0.6) is 0 Å². The molecule has 3 aromatic carbocycles. The van der Waals surface area contributed by atoms with Gasteiger partial charge >= 0.3 is 0 Å². The van der Waals surface area contributed by atoms with E-state index in [1.165, 1.54) is 6.92 Å². The summed E-state index contributed by atoms with van der Waals surface area (Å²) in [6.07, 6.45) is -3.37. The number of benzene rings is 3. The molecule has 0 aliphatic carbocycles. The Hall–Kier alpha value is -3.07. The van der Waals surface area contributed by atoms with Crippen molar-refractivity contribution in [3.8, 4) is 0 Å². The van der Waals surface area contributed by atoms with Crippen LogP contribution in [0.15, 0.2) is 91.0 Å². The molecule has 7 heteroatoms. The average Bonchev–Trinajstić information content (AvgIpc) is 2.90. The Labute approximate surface area is 212 Å². The molecule has 36 heavy (non-hydrogen) atoms. The van der Waals surface area contributed by atoms with Crippen LogP contribution in [-0.4, -0.2) is 48.3 Å². The van der Waals surface area contributed by atoms with Crippen molar-refractivity contribution in [2.45, 2.75) is 57.4 Å². The fraction of sp³-hybridized carbons (Fsp3) is 0.345. The van der Waals surface area contributed by atoms with E-state index in [1.807, 2.05) is 91.0 Å². The number of ether oxygens (including phenoxy) is 4. The number of hydrogen-bond acceptors (Lipinski definition) is 6. The van der Waals surface area contributed by atoms with E-state index in [4.69, 9.17) is 18.9 Å². The second kappa shape index (κ2) is 13.3. The number of hydrogen-bond donors (Lipinski definition) is 2. The number of carbonyl (C=O) groups is 1. The number of nitrogens with one attached hydrogen (secondary N) is 1. The van der Waals surface area contributed by atoms with Crippen LogP contribution in [0.25, 0.3) is 0 Å². The van der Waals surface area contributed by atoms with Gasteiger partial charge in [-0.15, -0.1) is 0 Å². The molecule has 3 aromatic rings. The minimum absolute atomic E-state index is 0.138. The Morgan fingerprint density at radius 1 is 0.806 bits per heavy atom. The standard InChI is InChI=1S/C29H33NO6/c1-21(31)30-26-28(34-18-23-13-7-3-8-14-23)27(32)25(20-33-17-22-11-5-2-6-12-22)36-29(26)35-19-24-15-9-4-10-16-24/h2-16,25-29,32H,17-20H2,1H3,(H,30,31)/t25-,26+,27+,28-,29+/m1/s1. The van der Waals surface area contributed by atoms with E-state index in [0.717, 1.165) is 16.7 Å². The van der Waals surface area contributed by atoms with Gasteiger partial charge < -0.3 is 29.4 Å². The fourth-order valence-electron chi connectivity index (χ4n) is 4.17. The zero-order valence-corrected chi connectivity index (χ0v) is 20.4. The molecule has 190 valence electrons. The summed E-state index contributed by atoms with van der Waals surface area (Å²) in [6, 6.07) is 28.5. The first-order valence-corrected chi connectivity index (χ1v) is 12.1. The summed E-state index contributed by atoms with van der Waals surface area (Å²) in [5.74, 6) is -0.267. The first-order chi connectivity index (χ1) is 17.6. The van der Waals surface area contributed by atoms with Crippen molar-refractivity contribution >= 4 is 5.91 Å². The maximum atomic E-state index is 12.1. The van der Waals surface area contributed by atoms with Crippen LogP contribution < -0.4 is 5.32 Å². The van der Waals surface area contributed by atoms with Crippen LogP contribution in [0.3, 0.4) is 0 Å². The van der Waals surface area contributed by atoms with Crippen LogP contribution in [0, 0.1) is 0 Å². The molecule has 1 aliphatic rings. The topological polar surface area (TPSA) is 86.3 Å². The normalized spacial score (nSPS) is 23.8. The third-order valence-corrected chi connectivity index (χ3v) is 5.98. The summed E-state index contributed by atoms with van der Waals surface area (Å²) in [7, 11) is 0. The quantitative estimate of drug-likeness (QED) is 0.426. The molecule has 5 atom stereocenters. The Bertz CT molecular complexity index is 1050. The van der Waals surface area contributed by atoms with Gasteiger partial charge in [-0.2, -0.15) is 0 Å². The molecule has 4 rings (SSSR count). The fourth-order valence-corrected chi connectivity index (χ4v) is 4.17. The van der Waals surface area contributed by atoms with Gasteiger partial charge in [0.25, 0.3) is 0 Å². The Morgan fingerprint density at radius 2 is 1.31 bits per heavy atom. The smallest absolute Gasteiger partial charge is 0.217 e. The third-order valence-electron chi connectivity index (χ3n) is 5.98. The number of amides is 1. The monoisotopic (exact) mass is 491 g/mol. The SMILES string of the molecule is CC(=O)N[C@@H]1[C@@H](OCc2ccccc2)O[C@H](COCc2ccccc2)[C@H](O)[C@@H]1OCc1ccccc1. The van der Waals surface area contributed by atoms with Crippen LogP contribution in [0.4, 0.5) is 0 Å². The van der Waals surface area contributed by atoms with Gasteiger partial charge in [-0.25, -0.2) is 0 Å². The summed E-state index contributed by atoms with van der Waals surface area (Å²) in [6.45, 7) is 2.49. The molecule has 1 saturated heterocycles. The largest absolute Gasteiger partial charge is 0.388 e. The molecular weight excluding hydrogens is 458 g/mol. The summed E-state index contributed by atoms with van der Waals surface area (Å²) < 4.78 is 24.4. The summed E-state index contributed by atoms with van der Waals surface area (Å²) in [4.78, 5) is 12.1. The van der Waals surface area contributed by atoms with E-state index in [0.29, 0.717) is 6.61 Å². The Balaban J connectivity index is 1.49. The van der Waals surface area contributed by atoms with E-state index in [-0.39, 0.29) is 25.7 Å². The lowest BCUT2D eigenvalue weighted by molar-refractivity contribution is -0.284. The van der Waals surface area contributed by atoms with Crippen molar-refractivity contribution in [1.29, 1.82) is 0 Å². The lowest BCUT2D eigenvalue weighted by atomic mass is 9.96. The van der Waals surface area contributed by atoms with Gasteiger partial charge in [0.1, 0.15) is 24.4 Å². The van der Waals surface area contributed by atoms with Gasteiger partial charge in [0, 0.05) is 6.92 Å². The predicted molar refractivity (Wildman–Crippen MR) is 135 cm³/mol. The van der Waals surface area contributed by atoms with E-state index >= 15 is 0 Å². The number of aliphatic hydroxyl groups excluding tert-OH is 1. The van der Waals surface area contributed by atoms with Crippen molar-refractivity contribution in [3.63, 3.8) is 0 Å². The average molecular weight is 492 g/mol. The highest BCUT2D eigenvalue weighted by atomic mass is 16.7. The van der Waals surface area contributed by atoms with Gasteiger partial charge in [-0.3, -0.25) is 4.79 Å². The molecule has 0 saturated carbocycles. The number of carbonyl (C=O) groups excluding carboxylic acids is 1. The van der Waals surface area contributed by atoms with Gasteiger partial charge in [-0.1, -0.05) is 91.0 Å². The number of aliphatic hydroxyl groups is 1. The predicted octanol–water partition coefficient (Wildman–Crippen LogP) is 3.60. The first-order valence-electron chi connectivity index (χ1n) is 12.1. The molecule has 1 amide bonds. The minimum Gasteiger partial charge on any atom is -0.388 e. The first kappa shape index (κ1) is 26.0. The molecule has 7 nitrogen and oxygen atoms in total. The van der Waals surface area contributed by atoms with Crippen molar-refractivity contribution in [1.82, 2.24) is 5.32 Å². The maximum Gasteiger partial charge on any atom is 0.217 e. The van der Waals surface area contributed by atoms with Gasteiger partial charge in [0.2, 0.25) is 5.91 Å². The van der Waals surface area contributed by atoms with Crippen LogP contribution >= 0.6 is 0 Å². The molecule has 0 spiro atoms. The molecule has 2 N–H and O–H groups in total. The maximum absolute atomic E-state index is 12.1. The molecule has 1 fully saturated rings. The van der Waals surface area contributed by atoms with Crippen molar-refractivity contribution in [3.05, 3.63) is 108 Å². The van der Waals surface area contributed by atoms with Crippen LogP contribution in [-0.2, 0) is 43.6 Å². The van der Waals surface area contributed by atoms with Gasteiger partial charge in [0.15, 0.2) is 6.29 Å². The highest BCUT2D eigenvalue weighted by molar-refractivity contribution is 5.73. The molecule has 0 unspecified atom stereocenters. The molecule has 0 bridgehead atoms. The van der Waals surface area contributed by atoms with E-state index in [1.54, 1.807) is 0 Å². The highest BCUT2D eigenvalue weighted by Crippen LogP contribution is 2.27. The number of rotatable bonds is 11. The highest BCUT2D eigenvalue weighted by Gasteiger charge is 2.47. The van der Waals surface area contributed by atoms with Crippen molar-refractivity contribution in [2.75, 3.05) is 6.61 Å². The van der Waals surface area contributed by atoms with Gasteiger partial charge in [-0.05, 0) is 16.7 Å². The Kier molecular flexibility index (Phi) is 9.61. The zero-order valence-electron chi connectivity index (χ0n) is 20.4. The van der Waals surface area contributed by atoms with Crippen molar-refractivity contribution in [2.24, 2.45) is 0 Å². The molecule has 0 radical (unpaired) electrons. The van der Waals surface area contributed by atoms with Gasteiger partial charge in [0.05, 0.1) is 26.4 Å². The zero-order chi connectivity index (χ0) is 25.2. The second-order valence-electron chi connectivity index (χ2n) is 8.82. The molecule has 1 heterocycles. The molecule has 1 aliphatic heterocycles. The molecular formula is C29H33NO6. The minimum atomic E-state index is -1.04. The van der Waals surface area contributed by atoms with Crippen LogP contribution in [0.2, 0.25) is 0 Å². The summed E-state index contributed by atoms with van der Waals surface area (Å²) in [5.41, 5.74) is 2.94. The van der Waals surface area contributed by atoms with Crippen LogP contribution in [0.1, 0.15) is 23.6 Å². The Morgan fingerprint density at radius 3 is 1.83 bits per heavy atom. The van der Waals surface area contributed by atoms with E-state index < -0.39 is 30.6 Å². The lowest BCUT2D eigenvalue weighted by Gasteiger charge is -2.44. The van der Waals surface area contributed by atoms with E-state index in [2.05, 4.69) is 5.32 Å². The summed E-state index contributed by atoms with van der Waals surface area (Å²) >= 11 is 0.